The number of benzene rings is 1. The van der Waals surface area contributed by atoms with E-state index >= 15 is 0 Å². The Morgan fingerprint density at radius 3 is 2.67 bits per heavy atom. The van der Waals surface area contributed by atoms with E-state index in [2.05, 4.69) is 6.92 Å². The topological polar surface area (TPSA) is 55.5 Å². The lowest BCUT2D eigenvalue weighted by Gasteiger charge is -2.17. The highest BCUT2D eigenvalue weighted by molar-refractivity contribution is 5.35. The average Bonchev–Trinajstić information content (AvgIpc) is 2.28. The number of rotatable bonds is 5. The predicted octanol–water partition coefficient (Wildman–Crippen LogP) is 1.51. The molecule has 3 nitrogen and oxygen atoms in total. The SMILES string of the molecule is COc1ccccc1C(C)CC(O)CN. The molecule has 0 heterocycles. The Hall–Kier alpha value is -1.06. The Morgan fingerprint density at radius 1 is 1.40 bits per heavy atom. The van der Waals surface area contributed by atoms with Gasteiger partial charge in [0.15, 0.2) is 0 Å². The Morgan fingerprint density at radius 2 is 2.07 bits per heavy atom. The molecule has 0 aliphatic carbocycles. The van der Waals surface area contributed by atoms with Crippen LogP contribution in [-0.4, -0.2) is 24.9 Å². The molecular weight excluding hydrogens is 190 g/mol. The van der Waals surface area contributed by atoms with Crippen LogP contribution in [0.15, 0.2) is 24.3 Å². The second-order valence-electron chi connectivity index (χ2n) is 3.77. The van der Waals surface area contributed by atoms with Crippen LogP contribution in [0.4, 0.5) is 0 Å². The van der Waals surface area contributed by atoms with Crippen LogP contribution >= 0.6 is 0 Å². The van der Waals surface area contributed by atoms with E-state index in [9.17, 15) is 5.11 Å². The van der Waals surface area contributed by atoms with Crippen LogP contribution in [0, 0.1) is 0 Å². The first-order valence-electron chi connectivity index (χ1n) is 5.20. The third-order valence-electron chi connectivity index (χ3n) is 2.57. The molecule has 2 unspecified atom stereocenters. The molecule has 0 saturated carbocycles. The maximum atomic E-state index is 9.49. The Balaban J connectivity index is 2.76. The largest absolute Gasteiger partial charge is 0.496 e. The van der Waals surface area contributed by atoms with Crippen LogP contribution in [0.2, 0.25) is 0 Å². The zero-order valence-corrected chi connectivity index (χ0v) is 9.31. The van der Waals surface area contributed by atoms with Crippen LogP contribution in [0.3, 0.4) is 0 Å². The highest BCUT2D eigenvalue weighted by Gasteiger charge is 2.14. The number of para-hydroxylation sites is 1. The molecule has 0 aromatic heterocycles. The van der Waals surface area contributed by atoms with Crippen LogP contribution in [0.5, 0.6) is 5.75 Å². The molecule has 84 valence electrons. The van der Waals surface area contributed by atoms with E-state index in [1.165, 1.54) is 0 Å². The second kappa shape index (κ2) is 5.73. The molecule has 0 aliphatic rings. The quantitative estimate of drug-likeness (QED) is 0.772. The van der Waals surface area contributed by atoms with Crippen LogP contribution in [0.25, 0.3) is 0 Å². The van der Waals surface area contributed by atoms with Crippen molar-refractivity contribution in [2.45, 2.75) is 25.4 Å². The first kappa shape index (κ1) is 12.0. The molecule has 1 aromatic rings. The number of hydrogen-bond acceptors (Lipinski definition) is 3. The standard InChI is InChI=1S/C12H19NO2/c1-9(7-10(14)8-13)11-5-3-4-6-12(11)15-2/h3-6,9-10,14H,7-8,13H2,1-2H3. The number of aliphatic hydroxyl groups is 1. The van der Waals surface area contributed by atoms with E-state index < -0.39 is 6.10 Å². The molecule has 0 radical (unpaired) electrons. The normalized spacial score (nSPS) is 14.7. The lowest BCUT2D eigenvalue weighted by molar-refractivity contribution is 0.164. The summed E-state index contributed by atoms with van der Waals surface area (Å²) in [7, 11) is 1.66. The Labute approximate surface area is 90.9 Å². The first-order valence-corrected chi connectivity index (χ1v) is 5.20. The lowest BCUT2D eigenvalue weighted by atomic mass is 9.94. The number of nitrogens with two attached hydrogens (primary N) is 1. The number of aliphatic hydroxyl groups excluding tert-OH is 1. The van der Waals surface area contributed by atoms with Gasteiger partial charge < -0.3 is 15.6 Å². The fourth-order valence-electron chi connectivity index (χ4n) is 1.70. The summed E-state index contributed by atoms with van der Waals surface area (Å²) in [6.45, 7) is 2.37. The summed E-state index contributed by atoms with van der Waals surface area (Å²) in [4.78, 5) is 0. The van der Waals surface area contributed by atoms with Crippen molar-refractivity contribution in [1.82, 2.24) is 0 Å². The zero-order valence-electron chi connectivity index (χ0n) is 9.31. The van der Waals surface area contributed by atoms with Crippen LogP contribution < -0.4 is 10.5 Å². The van der Waals surface area contributed by atoms with E-state index in [-0.39, 0.29) is 5.92 Å². The van der Waals surface area contributed by atoms with Crippen molar-refractivity contribution in [3.05, 3.63) is 29.8 Å². The van der Waals surface area contributed by atoms with Gasteiger partial charge >= 0.3 is 0 Å². The molecule has 0 fully saturated rings. The van der Waals surface area contributed by atoms with Crippen molar-refractivity contribution in [2.24, 2.45) is 5.73 Å². The fraction of sp³-hybridized carbons (Fsp3) is 0.500. The van der Waals surface area contributed by atoms with Crippen molar-refractivity contribution >= 4 is 0 Å². The summed E-state index contributed by atoms with van der Waals surface area (Å²) >= 11 is 0. The Kier molecular flexibility index (Phi) is 4.59. The van der Waals surface area contributed by atoms with E-state index in [1.54, 1.807) is 7.11 Å². The summed E-state index contributed by atoms with van der Waals surface area (Å²) in [5.41, 5.74) is 6.51. The van der Waals surface area contributed by atoms with E-state index in [1.807, 2.05) is 24.3 Å². The fourth-order valence-corrected chi connectivity index (χ4v) is 1.70. The predicted molar refractivity (Wildman–Crippen MR) is 61.1 cm³/mol. The maximum absolute atomic E-state index is 9.49. The van der Waals surface area contributed by atoms with Crippen LogP contribution in [0.1, 0.15) is 24.8 Å². The van der Waals surface area contributed by atoms with Gasteiger partial charge in [0.25, 0.3) is 0 Å². The molecule has 0 aliphatic heterocycles. The van der Waals surface area contributed by atoms with Gasteiger partial charge in [-0.2, -0.15) is 0 Å². The van der Waals surface area contributed by atoms with Crippen molar-refractivity contribution in [3.63, 3.8) is 0 Å². The van der Waals surface area contributed by atoms with Crippen LogP contribution in [-0.2, 0) is 0 Å². The third-order valence-corrected chi connectivity index (χ3v) is 2.57. The first-order chi connectivity index (χ1) is 7.19. The smallest absolute Gasteiger partial charge is 0.122 e. The average molecular weight is 209 g/mol. The van der Waals surface area contributed by atoms with E-state index in [4.69, 9.17) is 10.5 Å². The molecule has 0 saturated heterocycles. The molecule has 3 N–H and O–H groups in total. The summed E-state index contributed by atoms with van der Waals surface area (Å²) in [5, 5.41) is 9.49. The van der Waals surface area contributed by atoms with Crippen molar-refractivity contribution in [1.29, 1.82) is 0 Å². The van der Waals surface area contributed by atoms with Gasteiger partial charge in [-0.3, -0.25) is 0 Å². The molecular formula is C12H19NO2. The highest BCUT2D eigenvalue weighted by Crippen LogP contribution is 2.28. The second-order valence-corrected chi connectivity index (χ2v) is 3.77. The molecule has 15 heavy (non-hydrogen) atoms. The third kappa shape index (κ3) is 3.22. The summed E-state index contributed by atoms with van der Waals surface area (Å²) in [6.07, 6.45) is 0.224. The lowest BCUT2D eigenvalue weighted by Crippen LogP contribution is -2.21. The molecule has 0 spiro atoms. The van der Waals surface area contributed by atoms with Crippen molar-refractivity contribution < 1.29 is 9.84 Å². The molecule has 3 heteroatoms. The summed E-state index contributed by atoms with van der Waals surface area (Å²) < 4.78 is 5.27. The number of ether oxygens (including phenoxy) is 1. The maximum Gasteiger partial charge on any atom is 0.122 e. The summed E-state index contributed by atoms with van der Waals surface area (Å²) in [5.74, 6) is 1.12. The van der Waals surface area contributed by atoms with Gasteiger partial charge in [-0.05, 0) is 24.0 Å². The van der Waals surface area contributed by atoms with Crippen molar-refractivity contribution in [2.75, 3.05) is 13.7 Å². The van der Waals surface area contributed by atoms with Gasteiger partial charge in [0.2, 0.25) is 0 Å². The minimum Gasteiger partial charge on any atom is -0.496 e. The minimum absolute atomic E-state index is 0.250. The van der Waals surface area contributed by atoms with Gasteiger partial charge in [0.05, 0.1) is 13.2 Å². The molecule has 0 amide bonds. The minimum atomic E-state index is -0.440. The van der Waals surface area contributed by atoms with Gasteiger partial charge in [0, 0.05) is 6.54 Å². The molecule has 1 rings (SSSR count). The zero-order chi connectivity index (χ0) is 11.3. The number of hydrogen-bond donors (Lipinski definition) is 2. The van der Waals surface area contributed by atoms with E-state index in [0.717, 1.165) is 11.3 Å². The summed E-state index contributed by atoms with van der Waals surface area (Å²) in [6, 6.07) is 7.87. The van der Waals surface area contributed by atoms with Gasteiger partial charge in [-0.25, -0.2) is 0 Å². The van der Waals surface area contributed by atoms with Gasteiger partial charge in [-0.15, -0.1) is 0 Å². The number of methoxy groups -OCH3 is 1. The Bertz CT molecular complexity index is 301. The molecule has 0 bridgehead atoms. The van der Waals surface area contributed by atoms with Gasteiger partial charge in [0.1, 0.15) is 5.75 Å². The highest BCUT2D eigenvalue weighted by atomic mass is 16.5. The monoisotopic (exact) mass is 209 g/mol. The van der Waals surface area contributed by atoms with E-state index in [0.29, 0.717) is 13.0 Å². The van der Waals surface area contributed by atoms with Gasteiger partial charge in [-0.1, -0.05) is 25.1 Å². The van der Waals surface area contributed by atoms with Crippen molar-refractivity contribution in [3.8, 4) is 5.75 Å². The molecule has 1 aromatic carbocycles. The molecule has 2 atom stereocenters.